The van der Waals surface area contributed by atoms with E-state index < -0.39 is 11.9 Å². The maximum Gasteiger partial charge on any atom is 0.227 e. The minimum Gasteiger partial charge on any atom is -0.388 e. The third-order valence-corrected chi connectivity index (χ3v) is 3.69. The van der Waals surface area contributed by atoms with Crippen molar-refractivity contribution in [1.82, 2.24) is 4.90 Å². The van der Waals surface area contributed by atoms with Gasteiger partial charge in [0.2, 0.25) is 5.91 Å². The molecule has 2 rings (SSSR count). The summed E-state index contributed by atoms with van der Waals surface area (Å²) in [6.07, 6.45) is -1.16. The Bertz CT molecular complexity index is 716. The smallest absolute Gasteiger partial charge is 0.227 e. The van der Waals surface area contributed by atoms with E-state index >= 15 is 0 Å². The highest BCUT2D eigenvalue weighted by Gasteiger charge is 2.14. The van der Waals surface area contributed by atoms with Crippen molar-refractivity contribution in [3.63, 3.8) is 0 Å². The summed E-state index contributed by atoms with van der Waals surface area (Å²) in [6.45, 7) is 2.69. The number of amides is 1. The Morgan fingerprint density at radius 1 is 1.25 bits per heavy atom. The third-order valence-electron chi connectivity index (χ3n) is 3.69. The number of halogens is 1. The van der Waals surface area contributed by atoms with E-state index in [1.165, 1.54) is 18.2 Å². The van der Waals surface area contributed by atoms with Gasteiger partial charge in [-0.1, -0.05) is 24.3 Å². The molecular weight excluding hydrogens is 307 g/mol. The Hall–Kier alpha value is -2.24. The molecule has 24 heavy (non-hydrogen) atoms. The van der Waals surface area contributed by atoms with Crippen LogP contribution < -0.4 is 5.32 Å². The van der Waals surface area contributed by atoms with Crippen LogP contribution in [-0.2, 0) is 11.3 Å². The van der Waals surface area contributed by atoms with Crippen LogP contribution in [0.3, 0.4) is 0 Å². The van der Waals surface area contributed by atoms with Gasteiger partial charge in [0, 0.05) is 12.2 Å². The summed E-state index contributed by atoms with van der Waals surface area (Å²) >= 11 is 0. The van der Waals surface area contributed by atoms with Crippen LogP contribution in [0.4, 0.5) is 10.1 Å². The molecule has 4 nitrogen and oxygen atoms in total. The van der Waals surface area contributed by atoms with Crippen LogP contribution in [0.5, 0.6) is 0 Å². The first-order chi connectivity index (χ1) is 11.3. The predicted molar refractivity (Wildman–Crippen MR) is 93.2 cm³/mol. The number of aliphatic hydroxyl groups excluding tert-OH is 1. The second kappa shape index (κ2) is 8.04. The van der Waals surface area contributed by atoms with Crippen molar-refractivity contribution < 1.29 is 14.3 Å². The quantitative estimate of drug-likeness (QED) is 0.855. The SMILES string of the molecule is Cc1ccc(CN(C)C)cc1NC(=O)CC(O)c1cccc(F)c1. The van der Waals surface area contributed by atoms with Gasteiger partial charge in [0.1, 0.15) is 5.82 Å². The van der Waals surface area contributed by atoms with Crippen LogP contribution in [0.15, 0.2) is 42.5 Å². The Morgan fingerprint density at radius 3 is 2.67 bits per heavy atom. The molecule has 0 bridgehead atoms. The molecule has 0 heterocycles. The highest BCUT2D eigenvalue weighted by molar-refractivity contribution is 5.92. The maximum atomic E-state index is 13.2. The zero-order chi connectivity index (χ0) is 17.7. The monoisotopic (exact) mass is 330 g/mol. The van der Waals surface area contributed by atoms with Crippen molar-refractivity contribution in [2.24, 2.45) is 0 Å². The summed E-state index contributed by atoms with van der Waals surface area (Å²) in [5.41, 5.74) is 3.16. The van der Waals surface area contributed by atoms with Gasteiger partial charge in [0.25, 0.3) is 0 Å². The average molecular weight is 330 g/mol. The lowest BCUT2D eigenvalue weighted by atomic mass is 10.1. The van der Waals surface area contributed by atoms with Crippen molar-refractivity contribution in [3.8, 4) is 0 Å². The molecule has 2 N–H and O–H groups in total. The number of nitrogens with one attached hydrogen (secondary N) is 1. The third kappa shape index (κ3) is 5.15. The van der Waals surface area contributed by atoms with Crippen LogP contribution >= 0.6 is 0 Å². The van der Waals surface area contributed by atoms with Crippen LogP contribution in [0.1, 0.15) is 29.2 Å². The molecule has 1 unspecified atom stereocenters. The molecule has 0 fully saturated rings. The molecule has 0 saturated heterocycles. The molecule has 2 aromatic rings. The Balaban J connectivity index is 2.04. The molecule has 0 radical (unpaired) electrons. The van der Waals surface area contributed by atoms with Gasteiger partial charge in [-0.15, -0.1) is 0 Å². The molecule has 128 valence electrons. The fourth-order valence-electron chi connectivity index (χ4n) is 2.48. The number of hydrogen-bond acceptors (Lipinski definition) is 3. The van der Waals surface area contributed by atoms with Gasteiger partial charge in [-0.05, 0) is 55.9 Å². The van der Waals surface area contributed by atoms with E-state index in [4.69, 9.17) is 0 Å². The minimum atomic E-state index is -1.04. The lowest BCUT2D eigenvalue weighted by Gasteiger charge is -2.15. The first-order valence-electron chi connectivity index (χ1n) is 7.83. The number of benzene rings is 2. The predicted octanol–water partition coefficient (Wildman–Crippen LogP) is 3.26. The molecule has 0 spiro atoms. The van der Waals surface area contributed by atoms with Gasteiger partial charge in [-0.2, -0.15) is 0 Å². The van der Waals surface area contributed by atoms with Crippen LogP contribution in [-0.4, -0.2) is 30.0 Å². The molecule has 0 aliphatic rings. The highest BCUT2D eigenvalue weighted by atomic mass is 19.1. The van der Waals surface area contributed by atoms with E-state index in [1.807, 2.05) is 44.1 Å². The lowest BCUT2D eigenvalue weighted by Crippen LogP contribution is -2.17. The molecule has 5 heteroatoms. The van der Waals surface area contributed by atoms with E-state index in [0.717, 1.165) is 23.4 Å². The van der Waals surface area contributed by atoms with E-state index in [2.05, 4.69) is 5.32 Å². The number of hydrogen-bond donors (Lipinski definition) is 2. The first-order valence-corrected chi connectivity index (χ1v) is 7.83. The molecule has 1 atom stereocenters. The highest BCUT2D eigenvalue weighted by Crippen LogP contribution is 2.21. The van der Waals surface area contributed by atoms with Crippen molar-refractivity contribution in [2.75, 3.05) is 19.4 Å². The lowest BCUT2D eigenvalue weighted by molar-refractivity contribution is -0.118. The van der Waals surface area contributed by atoms with Crippen molar-refractivity contribution in [2.45, 2.75) is 26.0 Å². The van der Waals surface area contributed by atoms with Crippen LogP contribution in [0.25, 0.3) is 0 Å². The number of nitrogens with zero attached hydrogens (tertiary/aromatic N) is 1. The largest absolute Gasteiger partial charge is 0.388 e. The summed E-state index contributed by atoms with van der Waals surface area (Å²) in [5.74, 6) is -0.740. The maximum absolute atomic E-state index is 13.2. The Morgan fingerprint density at radius 2 is 2.00 bits per heavy atom. The van der Waals surface area contributed by atoms with Gasteiger partial charge in [0.15, 0.2) is 0 Å². The van der Waals surface area contributed by atoms with Gasteiger partial charge in [-0.25, -0.2) is 4.39 Å². The summed E-state index contributed by atoms with van der Waals surface area (Å²) in [4.78, 5) is 14.2. The number of aryl methyl sites for hydroxylation is 1. The molecule has 0 aliphatic carbocycles. The Labute approximate surface area is 141 Å². The normalized spacial score (nSPS) is 12.2. The number of aliphatic hydroxyl groups is 1. The standard InChI is InChI=1S/C19H23FN2O2/c1-13-7-8-14(12-22(2)3)9-17(13)21-19(24)11-18(23)15-5-4-6-16(20)10-15/h4-10,18,23H,11-12H2,1-3H3,(H,21,24). The average Bonchev–Trinajstić information content (AvgIpc) is 2.50. The van der Waals surface area contributed by atoms with Crippen LogP contribution in [0, 0.1) is 12.7 Å². The summed E-state index contributed by atoms with van der Waals surface area (Å²) in [6, 6.07) is 11.6. The van der Waals surface area contributed by atoms with Crippen LogP contribution in [0.2, 0.25) is 0 Å². The van der Waals surface area contributed by atoms with Gasteiger partial charge in [0.05, 0.1) is 12.5 Å². The molecular formula is C19H23FN2O2. The zero-order valence-corrected chi connectivity index (χ0v) is 14.2. The van der Waals surface area contributed by atoms with E-state index in [1.54, 1.807) is 6.07 Å². The molecule has 0 aliphatic heterocycles. The number of rotatable bonds is 6. The molecule has 0 aromatic heterocycles. The summed E-state index contributed by atoms with van der Waals surface area (Å²) < 4.78 is 13.2. The summed E-state index contributed by atoms with van der Waals surface area (Å²) in [5, 5.41) is 12.9. The van der Waals surface area contributed by atoms with Crippen molar-refractivity contribution >= 4 is 11.6 Å². The summed E-state index contributed by atoms with van der Waals surface area (Å²) in [7, 11) is 3.96. The Kier molecular flexibility index (Phi) is 6.06. The van der Waals surface area contributed by atoms with E-state index in [-0.39, 0.29) is 12.3 Å². The topological polar surface area (TPSA) is 52.6 Å². The molecule has 0 saturated carbocycles. The number of carbonyl (C=O) groups excluding carboxylic acids is 1. The number of carbonyl (C=O) groups is 1. The second-order valence-corrected chi connectivity index (χ2v) is 6.21. The second-order valence-electron chi connectivity index (χ2n) is 6.21. The molecule has 1 amide bonds. The first kappa shape index (κ1) is 18.1. The molecule has 2 aromatic carbocycles. The van der Waals surface area contributed by atoms with E-state index in [9.17, 15) is 14.3 Å². The van der Waals surface area contributed by atoms with Gasteiger partial charge < -0.3 is 15.3 Å². The number of anilines is 1. The van der Waals surface area contributed by atoms with E-state index in [0.29, 0.717) is 5.56 Å². The van der Waals surface area contributed by atoms with Gasteiger partial charge >= 0.3 is 0 Å². The zero-order valence-electron chi connectivity index (χ0n) is 14.2. The fourth-order valence-corrected chi connectivity index (χ4v) is 2.48. The van der Waals surface area contributed by atoms with Gasteiger partial charge in [-0.3, -0.25) is 4.79 Å². The van der Waals surface area contributed by atoms with Crippen molar-refractivity contribution in [3.05, 3.63) is 65.0 Å². The fraction of sp³-hybridized carbons (Fsp3) is 0.316. The minimum absolute atomic E-state index is 0.124. The van der Waals surface area contributed by atoms with Crippen molar-refractivity contribution in [1.29, 1.82) is 0 Å².